The summed E-state index contributed by atoms with van der Waals surface area (Å²) in [5, 5.41) is 11.0. The maximum atomic E-state index is 11.3. The fraction of sp³-hybridized carbons (Fsp3) is 0.0435. The molecule has 0 aliphatic heterocycles. The van der Waals surface area contributed by atoms with Crippen LogP contribution >= 0.6 is 23.4 Å². The molecule has 0 radical (unpaired) electrons. The summed E-state index contributed by atoms with van der Waals surface area (Å²) in [5.41, 5.74) is 1.99. The number of ether oxygens (including phenoxy) is 1. The molecule has 0 aliphatic rings. The second-order valence-corrected chi connectivity index (χ2v) is 7.85. The lowest BCUT2D eigenvalue weighted by Crippen LogP contribution is -1.99. The molecule has 144 valence electrons. The number of fused-ring (bicyclic) bond motifs is 1. The van der Waals surface area contributed by atoms with Gasteiger partial charge in [0, 0.05) is 20.2 Å². The SMILES string of the molecule is O=C(O)c1ccccc1Sc1ccc(OCc2ccc3cc(Cl)ccc3n2)cc1. The van der Waals surface area contributed by atoms with Crippen LogP contribution in [-0.4, -0.2) is 16.1 Å². The van der Waals surface area contributed by atoms with Crippen LogP contribution in [0.25, 0.3) is 10.9 Å². The van der Waals surface area contributed by atoms with E-state index in [1.165, 1.54) is 11.8 Å². The Bertz CT molecular complexity index is 1180. The molecule has 0 saturated heterocycles. The van der Waals surface area contributed by atoms with Crippen LogP contribution in [0.1, 0.15) is 16.1 Å². The summed E-state index contributed by atoms with van der Waals surface area (Å²) in [4.78, 5) is 17.6. The van der Waals surface area contributed by atoms with E-state index < -0.39 is 5.97 Å². The highest BCUT2D eigenvalue weighted by atomic mass is 35.5. The van der Waals surface area contributed by atoms with Crippen molar-refractivity contribution in [2.45, 2.75) is 16.4 Å². The van der Waals surface area contributed by atoms with Gasteiger partial charge in [0.2, 0.25) is 0 Å². The monoisotopic (exact) mass is 421 g/mol. The van der Waals surface area contributed by atoms with E-state index >= 15 is 0 Å². The fourth-order valence-corrected chi connectivity index (χ4v) is 3.96. The number of benzene rings is 3. The first-order valence-corrected chi connectivity index (χ1v) is 10.1. The first-order valence-electron chi connectivity index (χ1n) is 8.87. The van der Waals surface area contributed by atoms with E-state index in [2.05, 4.69) is 4.98 Å². The second kappa shape index (κ2) is 8.55. The Morgan fingerprint density at radius 2 is 1.79 bits per heavy atom. The first kappa shape index (κ1) is 19.3. The number of carbonyl (C=O) groups is 1. The van der Waals surface area contributed by atoms with E-state index in [4.69, 9.17) is 16.3 Å². The van der Waals surface area contributed by atoms with E-state index in [1.807, 2.05) is 60.7 Å². The van der Waals surface area contributed by atoms with Crippen molar-refractivity contribution < 1.29 is 14.6 Å². The van der Waals surface area contributed by atoms with Crippen molar-refractivity contribution >= 4 is 40.2 Å². The molecular weight excluding hydrogens is 406 g/mol. The molecule has 0 atom stereocenters. The van der Waals surface area contributed by atoms with E-state index in [-0.39, 0.29) is 0 Å². The number of pyridine rings is 1. The van der Waals surface area contributed by atoms with Gasteiger partial charge in [-0.25, -0.2) is 9.78 Å². The predicted molar refractivity (Wildman–Crippen MR) is 115 cm³/mol. The standard InChI is InChI=1S/C23H16ClNO3S/c24-16-6-12-21-15(13-16)5-7-17(25-21)14-28-18-8-10-19(11-9-18)29-22-4-2-1-3-20(22)23(26)27/h1-13H,14H2,(H,26,27). The molecule has 1 aromatic heterocycles. The zero-order valence-electron chi connectivity index (χ0n) is 15.2. The summed E-state index contributed by atoms with van der Waals surface area (Å²) in [5.74, 6) is -0.211. The highest BCUT2D eigenvalue weighted by molar-refractivity contribution is 7.99. The van der Waals surface area contributed by atoms with Gasteiger partial charge >= 0.3 is 5.97 Å². The Kier molecular flexibility index (Phi) is 5.69. The Morgan fingerprint density at radius 1 is 1.00 bits per heavy atom. The maximum Gasteiger partial charge on any atom is 0.336 e. The Balaban J connectivity index is 1.42. The summed E-state index contributed by atoms with van der Waals surface area (Å²) in [6, 6.07) is 24.0. The third-order valence-corrected chi connectivity index (χ3v) is 5.58. The number of hydrogen-bond donors (Lipinski definition) is 1. The number of nitrogens with zero attached hydrogens (tertiary/aromatic N) is 1. The molecule has 4 rings (SSSR count). The van der Waals surface area contributed by atoms with Gasteiger partial charge in [-0.05, 0) is 60.7 Å². The lowest BCUT2D eigenvalue weighted by atomic mass is 10.2. The van der Waals surface area contributed by atoms with Crippen LogP contribution < -0.4 is 4.74 Å². The van der Waals surface area contributed by atoms with Crippen molar-refractivity contribution in [3.8, 4) is 5.75 Å². The molecule has 1 heterocycles. The average Bonchev–Trinajstić information content (AvgIpc) is 2.73. The zero-order valence-corrected chi connectivity index (χ0v) is 16.8. The van der Waals surface area contributed by atoms with Crippen LogP contribution in [0.4, 0.5) is 0 Å². The summed E-state index contributed by atoms with van der Waals surface area (Å²) >= 11 is 7.41. The minimum absolute atomic E-state index is 0.293. The normalized spacial score (nSPS) is 10.8. The molecule has 6 heteroatoms. The van der Waals surface area contributed by atoms with Crippen molar-refractivity contribution in [2.24, 2.45) is 0 Å². The number of hydrogen-bond acceptors (Lipinski definition) is 4. The largest absolute Gasteiger partial charge is 0.487 e. The molecule has 0 aliphatic carbocycles. The number of aromatic carboxylic acids is 1. The predicted octanol–water partition coefficient (Wildman–Crippen LogP) is 6.32. The molecule has 0 saturated carbocycles. The third kappa shape index (κ3) is 4.70. The van der Waals surface area contributed by atoms with Gasteiger partial charge < -0.3 is 9.84 Å². The third-order valence-electron chi connectivity index (χ3n) is 4.26. The van der Waals surface area contributed by atoms with Gasteiger partial charge in [0.15, 0.2) is 0 Å². The van der Waals surface area contributed by atoms with Gasteiger partial charge in [-0.2, -0.15) is 0 Å². The molecule has 0 fully saturated rings. The number of halogens is 1. The fourth-order valence-electron chi connectivity index (χ4n) is 2.84. The highest BCUT2D eigenvalue weighted by Gasteiger charge is 2.10. The van der Waals surface area contributed by atoms with E-state index in [0.29, 0.717) is 22.1 Å². The van der Waals surface area contributed by atoms with E-state index in [1.54, 1.807) is 18.2 Å². The summed E-state index contributed by atoms with van der Waals surface area (Å²) in [6.07, 6.45) is 0. The zero-order chi connectivity index (χ0) is 20.2. The number of carboxylic acids is 1. The van der Waals surface area contributed by atoms with Gasteiger partial charge in [-0.3, -0.25) is 0 Å². The summed E-state index contributed by atoms with van der Waals surface area (Å²) in [6.45, 7) is 0.354. The quantitative estimate of drug-likeness (QED) is 0.395. The summed E-state index contributed by atoms with van der Waals surface area (Å²) < 4.78 is 5.84. The smallest absolute Gasteiger partial charge is 0.336 e. The van der Waals surface area contributed by atoms with Crippen LogP contribution in [-0.2, 0) is 6.61 Å². The molecule has 0 unspecified atom stereocenters. The Hall–Kier alpha value is -3.02. The van der Waals surface area contributed by atoms with Gasteiger partial charge in [0.1, 0.15) is 12.4 Å². The van der Waals surface area contributed by atoms with Gasteiger partial charge in [0.05, 0.1) is 16.8 Å². The molecular formula is C23H16ClNO3S. The molecule has 0 amide bonds. The van der Waals surface area contributed by atoms with Crippen LogP contribution in [0.3, 0.4) is 0 Å². The molecule has 1 N–H and O–H groups in total. The molecule has 4 nitrogen and oxygen atoms in total. The van der Waals surface area contributed by atoms with Crippen molar-refractivity contribution in [3.63, 3.8) is 0 Å². The molecule has 29 heavy (non-hydrogen) atoms. The number of aromatic nitrogens is 1. The van der Waals surface area contributed by atoms with E-state index in [0.717, 1.165) is 27.2 Å². The van der Waals surface area contributed by atoms with Crippen molar-refractivity contribution in [1.82, 2.24) is 4.98 Å². The van der Waals surface area contributed by atoms with Crippen LogP contribution in [0.2, 0.25) is 5.02 Å². The van der Waals surface area contributed by atoms with Crippen LogP contribution in [0.5, 0.6) is 5.75 Å². The number of carboxylic acid groups (broad SMARTS) is 1. The van der Waals surface area contributed by atoms with Gasteiger partial charge in [-0.1, -0.05) is 41.6 Å². The summed E-state index contributed by atoms with van der Waals surface area (Å²) in [7, 11) is 0. The molecule has 4 aromatic rings. The van der Waals surface area contributed by atoms with E-state index in [9.17, 15) is 9.90 Å². The lowest BCUT2D eigenvalue weighted by molar-refractivity contribution is 0.0693. The van der Waals surface area contributed by atoms with Crippen LogP contribution in [0.15, 0.2) is 88.7 Å². The first-order chi connectivity index (χ1) is 14.1. The van der Waals surface area contributed by atoms with Crippen molar-refractivity contribution in [2.75, 3.05) is 0 Å². The van der Waals surface area contributed by atoms with Gasteiger partial charge in [0.25, 0.3) is 0 Å². The maximum absolute atomic E-state index is 11.3. The molecule has 3 aromatic carbocycles. The Labute approximate surface area is 177 Å². The van der Waals surface area contributed by atoms with Crippen molar-refractivity contribution in [1.29, 1.82) is 0 Å². The second-order valence-electron chi connectivity index (χ2n) is 6.30. The lowest BCUT2D eigenvalue weighted by Gasteiger charge is -2.09. The average molecular weight is 422 g/mol. The minimum atomic E-state index is -0.932. The minimum Gasteiger partial charge on any atom is -0.487 e. The highest BCUT2D eigenvalue weighted by Crippen LogP contribution is 2.31. The van der Waals surface area contributed by atoms with Crippen molar-refractivity contribution in [3.05, 3.63) is 95.1 Å². The number of rotatable bonds is 6. The van der Waals surface area contributed by atoms with Gasteiger partial charge in [-0.15, -0.1) is 0 Å². The molecule has 0 bridgehead atoms. The molecule has 0 spiro atoms. The topological polar surface area (TPSA) is 59.4 Å². The van der Waals surface area contributed by atoms with Crippen LogP contribution in [0, 0.1) is 0 Å². The Morgan fingerprint density at radius 3 is 2.59 bits per heavy atom.